The summed E-state index contributed by atoms with van der Waals surface area (Å²) in [5, 5.41) is 5.92. The van der Waals surface area contributed by atoms with Gasteiger partial charge in [-0.05, 0) is 42.0 Å². The van der Waals surface area contributed by atoms with Gasteiger partial charge in [-0.3, -0.25) is 4.79 Å². The Bertz CT molecular complexity index is 612. The van der Waals surface area contributed by atoms with Gasteiger partial charge in [-0.2, -0.15) is 0 Å². The van der Waals surface area contributed by atoms with E-state index in [1.807, 2.05) is 48.5 Å². The molecule has 0 saturated heterocycles. The van der Waals surface area contributed by atoms with Gasteiger partial charge in [0.15, 0.2) is 0 Å². The predicted octanol–water partition coefficient (Wildman–Crippen LogP) is 2.43. The maximum absolute atomic E-state index is 11.8. The van der Waals surface area contributed by atoms with E-state index in [4.69, 9.17) is 9.47 Å². The number of methoxy groups -OCH3 is 2. The van der Waals surface area contributed by atoms with Crippen molar-refractivity contribution < 1.29 is 14.3 Å². The number of carbonyl (C=O) groups excluding carboxylic acids is 1. The van der Waals surface area contributed by atoms with E-state index in [1.165, 1.54) is 0 Å². The Morgan fingerprint density at radius 1 is 1.00 bits per heavy atom. The van der Waals surface area contributed by atoms with Gasteiger partial charge in [-0.25, -0.2) is 0 Å². The fourth-order valence-electron chi connectivity index (χ4n) is 1.94. The first-order valence-electron chi connectivity index (χ1n) is 6.99. The maximum atomic E-state index is 11.8. The summed E-state index contributed by atoms with van der Waals surface area (Å²) in [6.07, 6.45) is 0. The molecular weight excluding hydrogens is 280 g/mol. The normalized spacial score (nSPS) is 9.91. The van der Waals surface area contributed by atoms with Gasteiger partial charge in [-0.1, -0.05) is 12.1 Å². The van der Waals surface area contributed by atoms with Gasteiger partial charge in [0.05, 0.1) is 20.8 Å². The van der Waals surface area contributed by atoms with E-state index in [2.05, 4.69) is 10.6 Å². The first-order chi connectivity index (χ1) is 10.7. The van der Waals surface area contributed by atoms with Crippen LogP contribution in [0.3, 0.4) is 0 Å². The highest BCUT2D eigenvalue weighted by Crippen LogP contribution is 2.14. The van der Waals surface area contributed by atoms with Gasteiger partial charge >= 0.3 is 0 Å². The Labute approximate surface area is 130 Å². The molecule has 2 aromatic rings. The van der Waals surface area contributed by atoms with Crippen molar-refractivity contribution in [2.24, 2.45) is 0 Å². The van der Waals surface area contributed by atoms with Crippen molar-refractivity contribution in [2.75, 3.05) is 26.1 Å². The third-order valence-electron chi connectivity index (χ3n) is 3.17. The van der Waals surface area contributed by atoms with Crippen LogP contribution in [0.1, 0.15) is 5.56 Å². The summed E-state index contributed by atoms with van der Waals surface area (Å²) in [4.78, 5) is 11.8. The van der Waals surface area contributed by atoms with Crippen molar-refractivity contribution in [2.45, 2.75) is 6.54 Å². The van der Waals surface area contributed by atoms with Crippen molar-refractivity contribution in [3.63, 3.8) is 0 Å². The Hall–Kier alpha value is -2.69. The number of carbonyl (C=O) groups is 1. The minimum Gasteiger partial charge on any atom is -0.497 e. The van der Waals surface area contributed by atoms with E-state index in [9.17, 15) is 4.79 Å². The molecule has 0 aliphatic rings. The molecule has 5 nitrogen and oxygen atoms in total. The zero-order chi connectivity index (χ0) is 15.8. The summed E-state index contributed by atoms with van der Waals surface area (Å²) in [6.45, 7) is 0.691. The summed E-state index contributed by atoms with van der Waals surface area (Å²) in [5.41, 5.74) is 1.87. The molecule has 2 aromatic carbocycles. The van der Waals surface area contributed by atoms with Gasteiger partial charge in [0, 0.05) is 12.2 Å². The van der Waals surface area contributed by atoms with E-state index in [0.29, 0.717) is 6.54 Å². The average molecular weight is 300 g/mol. The number of rotatable bonds is 7. The lowest BCUT2D eigenvalue weighted by atomic mass is 10.2. The first kappa shape index (κ1) is 15.7. The van der Waals surface area contributed by atoms with Crippen molar-refractivity contribution in [1.82, 2.24) is 5.32 Å². The van der Waals surface area contributed by atoms with E-state index in [0.717, 1.165) is 22.7 Å². The molecular formula is C17H20N2O3. The van der Waals surface area contributed by atoms with E-state index >= 15 is 0 Å². The van der Waals surface area contributed by atoms with Crippen LogP contribution in [0, 0.1) is 0 Å². The molecule has 2 rings (SSSR count). The number of amides is 1. The standard InChI is InChI=1S/C17H20N2O3/c1-21-15-8-6-14(7-9-15)18-12-17(20)19-11-13-4-3-5-16(10-13)22-2/h3-10,18H,11-12H2,1-2H3,(H,19,20). The number of hydrogen-bond donors (Lipinski definition) is 2. The SMILES string of the molecule is COc1ccc(NCC(=O)NCc2cccc(OC)c2)cc1. The summed E-state index contributed by atoms with van der Waals surface area (Å²) in [7, 11) is 3.24. The third kappa shape index (κ3) is 4.70. The molecule has 0 heterocycles. The van der Waals surface area contributed by atoms with Gasteiger partial charge in [0.2, 0.25) is 5.91 Å². The highest BCUT2D eigenvalue weighted by molar-refractivity contribution is 5.80. The molecule has 0 fully saturated rings. The lowest BCUT2D eigenvalue weighted by molar-refractivity contribution is -0.119. The number of anilines is 1. The second-order valence-electron chi connectivity index (χ2n) is 4.71. The molecule has 0 aliphatic heterocycles. The van der Waals surface area contributed by atoms with Crippen LogP contribution in [-0.4, -0.2) is 26.7 Å². The molecule has 0 spiro atoms. The maximum Gasteiger partial charge on any atom is 0.239 e. The zero-order valence-corrected chi connectivity index (χ0v) is 12.8. The van der Waals surface area contributed by atoms with Crippen LogP contribution in [0.5, 0.6) is 11.5 Å². The number of ether oxygens (including phenoxy) is 2. The van der Waals surface area contributed by atoms with Gasteiger partial charge in [0.1, 0.15) is 11.5 Å². The predicted molar refractivity (Wildman–Crippen MR) is 86.3 cm³/mol. The monoisotopic (exact) mass is 300 g/mol. The Morgan fingerprint density at radius 2 is 1.73 bits per heavy atom. The van der Waals surface area contributed by atoms with Crippen LogP contribution in [-0.2, 0) is 11.3 Å². The fraction of sp³-hybridized carbons (Fsp3) is 0.235. The highest BCUT2D eigenvalue weighted by Gasteiger charge is 2.02. The van der Waals surface area contributed by atoms with Gasteiger partial charge < -0.3 is 20.1 Å². The Morgan fingerprint density at radius 3 is 2.41 bits per heavy atom. The van der Waals surface area contributed by atoms with Crippen molar-refractivity contribution in [1.29, 1.82) is 0 Å². The van der Waals surface area contributed by atoms with Crippen LogP contribution < -0.4 is 20.1 Å². The molecule has 1 amide bonds. The number of benzene rings is 2. The third-order valence-corrected chi connectivity index (χ3v) is 3.17. The molecule has 0 aromatic heterocycles. The van der Waals surface area contributed by atoms with Crippen LogP contribution in [0.2, 0.25) is 0 Å². The smallest absolute Gasteiger partial charge is 0.239 e. The van der Waals surface area contributed by atoms with Crippen LogP contribution in [0.15, 0.2) is 48.5 Å². The van der Waals surface area contributed by atoms with Crippen LogP contribution in [0.4, 0.5) is 5.69 Å². The zero-order valence-electron chi connectivity index (χ0n) is 12.8. The second-order valence-corrected chi connectivity index (χ2v) is 4.71. The topological polar surface area (TPSA) is 59.6 Å². The van der Waals surface area contributed by atoms with Crippen molar-refractivity contribution in [3.8, 4) is 11.5 Å². The van der Waals surface area contributed by atoms with Crippen LogP contribution in [0.25, 0.3) is 0 Å². The molecule has 0 atom stereocenters. The summed E-state index contributed by atoms with van der Waals surface area (Å²) >= 11 is 0. The second kappa shape index (κ2) is 7.93. The lowest BCUT2D eigenvalue weighted by Gasteiger charge is -2.09. The largest absolute Gasteiger partial charge is 0.497 e. The number of hydrogen-bond acceptors (Lipinski definition) is 4. The molecule has 0 aliphatic carbocycles. The van der Waals surface area contributed by atoms with Crippen molar-refractivity contribution in [3.05, 3.63) is 54.1 Å². The molecule has 0 unspecified atom stereocenters. The average Bonchev–Trinajstić information content (AvgIpc) is 2.58. The van der Waals surface area contributed by atoms with E-state index in [1.54, 1.807) is 14.2 Å². The summed E-state index contributed by atoms with van der Waals surface area (Å²) in [6, 6.07) is 15.0. The first-order valence-corrected chi connectivity index (χ1v) is 6.99. The molecule has 22 heavy (non-hydrogen) atoms. The molecule has 5 heteroatoms. The lowest BCUT2D eigenvalue weighted by Crippen LogP contribution is -2.29. The Kier molecular flexibility index (Phi) is 5.65. The van der Waals surface area contributed by atoms with Crippen molar-refractivity contribution >= 4 is 11.6 Å². The van der Waals surface area contributed by atoms with Gasteiger partial charge in [0.25, 0.3) is 0 Å². The molecule has 116 valence electrons. The summed E-state index contributed by atoms with van der Waals surface area (Å²) < 4.78 is 10.2. The number of nitrogens with one attached hydrogen (secondary N) is 2. The van der Waals surface area contributed by atoms with E-state index in [-0.39, 0.29) is 12.5 Å². The van der Waals surface area contributed by atoms with E-state index < -0.39 is 0 Å². The quantitative estimate of drug-likeness (QED) is 0.824. The molecule has 0 saturated carbocycles. The minimum atomic E-state index is -0.0707. The minimum absolute atomic E-state index is 0.0707. The fourth-order valence-corrected chi connectivity index (χ4v) is 1.94. The molecule has 0 bridgehead atoms. The van der Waals surface area contributed by atoms with Gasteiger partial charge in [-0.15, -0.1) is 0 Å². The van der Waals surface area contributed by atoms with Crippen LogP contribution >= 0.6 is 0 Å². The highest BCUT2D eigenvalue weighted by atomic mass is 16.5. The molecule has 2 N–H and O–H groups in total. The summed E-state index contributed by atoms with van der Waals surface area (Å²) in [5.74, 6) is 1.50. The molecule has 0 radical (unpaired) electrons. The Balaban J connectivity index is 1.77.